The first-order valence-electron chi connectivity index (χ1n) is 22.0. The molecule has 0 aliphatic rings. The zero-order valence-corrected chi connectivity index (χ0v) is 35.1. The molecular formula is C62H42N2. The van der Waals surface area contributed by atoms with E-state index in [1.807, 2.05) is 0 Å². The summed E-state index contributed by atoms with van der Waals surface area (Å²) in [4.78, 5) is 2.44. The summed E-state index contributed by atoms with van der Waals surface area (Å²) < 4.78 is 2.39. The second-order valence-corrected chi connectivity index (χ2v) is 16.5. The maximum Gasteiger partial charge on any atom is 0.0547 e. The molecule has 0 aliphatic heterocycles. The molecule has 2 nitrogen and oxygen atoms in total. The fourth-order valence-corrected chi connectivity index (χ4v) is 9.75. The largest absolute Gasteiger partial charge is 0.310 e. The number of anilines is 3. The summed E-state index contributed by atoms with van der Waals surface area (Å²) in [6.07, 6.45) is 0. The van der Waals surface area contributed by atoms with Crippen LogP contribution >= 0.6 is 0 Å². The lowest BCUT2D eigenvalue weighted by Crippen LogP contribution is -2.11. The van der Waals surface area contributed by atoms with Crippen LogP contribution in [0.3, 0.4) is 0 Å². The van der Waals surface area contributed by atoms with Crippen LogP contribution in [0, 0.1) is 0 Å². The van der Waals surface area contributed by atoms with E-state index in [2.05, 4.69) is 264 Å². The van der Waals surface area contributed by atoms with E-state index in [-0.39, 0.29) is 0 Å². The highest BCUT2D eigenvalue weighted by Crippen LogP contribution is 2.46. The Bertz CT molecular complexity index is 3650. The number of hydrogen-bond acceptors (Lipinski definition) is 1. The van der Waals surface area contributed by atoms with E-state index in [0.717, 1.165) is 39.4 Å². The van der Waals surface area contributed by atoms with Gasteiger partial charge in [-0.1, -0.05) is 194 Å². The van der Waals surface area contributed by atoms with Crippen molar-refractivity contribution in [1.29, 1.82) is 0 Å². The van der Waals surface area contributed by atoms with Crippen LogP contribution in [0.15, 0.2) is 255 Å². The Kier molecular flexibility index (Phi) is 9.20. The van der Waals surface area contributed by atoms with E-state index >= 15 is 0 Å². The molecule has 0 saturated carbocycles. The van der Waals surface area contributed by atoms with Gasteiger partial charge in [-0.25, -0.2) is 0 Å². The highest BCUT2D eigenvalue weighted by molar-refractivity contribution is 6.11. The first-order chi connectivity index (χ1) is 31.7. The van der Waals surface area contributed by atoms with Crippen LogP contribution in [-0.4, -0.2) is 4.57 Å². The van der Waals surface area contributed by atoms with Gasteiger partial charge in [-0.05, 0) is 121 Å². The minimum absolute atomic E-state index is 1.08. The van der Waals surface area contributed by atoms with E-state index in [1.165, 1.54) is 71.2 Å². The van der Waals surface area contributed by atoms with E-state index in [1.54, 1.807) is 0 Å². The Morgan fingerprint density at radius 2 is 0.859 bits per heavy atom. The molecule has 0 radical (unpaired) electrons. The summed E-state index contributed by atoms with van der Waals surface area (Å²) in [7, 11) is 0. The Hall–Kier alpha value is -8.46. The summed E-state index contributed by atoms with van der Waals surface area (Å²) in [5, 5.41) is 7.43. The minimum Gasteiger partial charge on any atom is -0.310 e. The summed E-state index contributed by atoms with van der Waals surface area (Å²) in [6, 6.07) is 92.8. The number of para-hydroxylation sites is 3. The van der Waals surface area contributed by atoms with Gasteiger partial charge < -0.3 is 9.47 Å². The maximum absolute atomic E-state index is 2.44. The lowest BCUT2D eigenvalue weighted by atomic mass is 9.90. The molecule has 64 heavy (non-hydrogen) atoms. The first kappa shape index (κ1) is 37.3. The Morgan fingerprint density at radius 1 is 0.281 bits per heavy atom. The number of aromatic nitrogens is 1. The number of hydrogen-bond donors (Lipinski definition) is 0. The normalized spacial score (nSPS) is 11.4. The fourth-order valence-electron chi connectivity index (χ4n) is 9.75. The third-order valence-electron chi connectivity index (χ3n) is 12.8. The van der Waals surface area contributed by atoms with Gasteiger partial charge in [-0.15, -0.1) is 0 Å². The van der Waals surface area contributed by atoms with Crippen LogP contribution in [0.5, 0.6) is 0 Å². The van der Waals surface area contributed by atoms with Crippen molar-refractivity contribution in [3.63, 3.8) is 0 Å². The van der Waals surface area contributed by atoms with Crippen molar-refractivity contribution < 1.29 is 0 Å². The van der Waals surface area contributed by atoms with Crippen LogP contribution in [0.1, 0.15) is 0 Å². The van der Waals surface area contributed by atoms with E-state index < -0.39 is 0 Å². The molecule has 0 bridgehead atoms. The van der Waals surface area contributed by atoms with Gasteiger partial charge in [0.25, 0.3) is 0 Å². The summed E-state index contributed by atoms with van der Waals surface area (Å²) in [5.41, 5.74) is 16.3. The van der Waals surface area contributed by atoms with Gasteiger partial charge >= 0.3 is 0 Å². The molecule has 1 aromatic heterocycles. The quantitative estimate of drug-likeness (QED) is 0.148. The monoisotopic (exact) mass is 814 g/mol. The molecule has 0 atom stereocenters. The van der Waals surface area contributed by atoms with E-state index in [0.29, 0.717) is 0 Å². The first-order valence-corrected chi connectivity index (χ1v) is 22.0. The third-order valence-corrected chi connectivity index (χ3v) is 12.8. The predicted molar refractivity (Wildman–Crippen MR) is 272 cm³/mol. The van der Waals surface area contributed by atoms with Crippen molar-refractivity contribution >= 4 is 60.4 Å². The van der Waals surface area contributed by atoms with E-state index in [4.69, 9.17) is 0 Å². The molecule has 2 heteroatoms. The topological polar surface area (TPSA) is 8.17 Å². The second-order valence-electron chi connectivity index (χ2n) is 16.5. The van der Waals surface area contributed by atoms with Gasteiger partial charge in [-0.2, -0.15) is 0 Å². The van der Waals surface area contributed by atoms with Crippen molar-refractivity contribution in [1.82, 2.24) is 4.57 Å². The number of fused-ring (bicyclic) bond motifs is 5. The molecular weight excluding hydrogens is 773 g/mol. The van der Waals surface area contributed by atoms with Crippen LogP contribution in [0.25, 0.3) is 93.5 Å². The van der Waals surface area contributed by atoms with Gasteiger partial charge in [0.1, 0.15) is 0 Å². The zero-order valence-electron chi connectivity index (χ0n) is 35.1. The number of rotatable bonds is 8. The Balaban J connectivity index is 1.04. The van der Waals surface area contributed by atoms with Crippen LogP contribution in [0.4, 0.5) is 17.1 Å². The minimum atomic E-state index is 1.08. The van der Waals surface area contributed by atoms with Crippen molar-refractivity contribution in [2.75, 3.05) is 4.90 Å². The maximum atomic E-state index is 2.44. The molecule has 1 heterocycles. The average molecular weight is 815 g/mol. The van der Waals surface area contributed by atoms with Gasteiger partial charge in [0.2, 0.25) is 0 Å². The molecule has 12 rings (SSSR count). The Labute approximate surface area is 373 Å². The molecule has 0 unspecified atom stereocenters. The standard InChI is InChI=1S/C62H42N2/c1-3-17-45(18-4-1)54-28-14-20-46-21-15-29-58(62(46)54)56-27-10-11-30-59(56)63(52-37-34-44(35-38-52)49-33-32-43-16-7-8-19-47(43)40-49)53-25-13-22-48(41-53)50-36-39-57-55-26-9-12-31-60(55)64(61(57)42-50)51-23-5-2-6-24-51/h1-42H. The lowest BCUT2D eigenvalue weighted by Gasteiger charge is -2.29. The molecule has 0 spiro atoms. The van der Waals surface area contributed by atoms with Gasteiger partial charge in [0, 0.05) is 33.4 Å². The Morgan fingerprint density at radius 3 is 1.70 bits per heavy atom. The molecule has 0 amide bonds. The molecule has 0 N–H and O–H groups in total. The van der Waals surface area contributed by atoms with Crippen molar-refractivity contribution in [3.05, 3.63) is 255 Å². The van der Waals surface area contributed by atoms with Gasteiger partial charge in [-0.3, -0.25) is 0 Å². The molecule has 0 aliphatic carbocycles. The zero-order chi connectivity index (χ0) is 42.4. The number of nitrogens with zero attached hydrogens (tertiary/aromatic N) is 2. The molecule has 11 aromatic carbocycles. The molecule has 12 aromatic rings. The van der Waals surface area contributed by atoms with Gasteiger partial charge in [0.15, 0.2) is 0 Å². The SMILES string of the molecule is c1ccc(-c2cccc3cccc(-c4ccccc4N(c4ccc(-c5ccc6ccccc6c5)cc4)c4cccc(-c5ccc6c7ccccc7n(-c7ccccc7)c6c5)c4)c23)cc1. The second kappa shape index (κ2) is 15.8. The van der Waals surface area contributed by atoms with Gasteiger partial charge in [0.05, 0.1) is 16.7 Å². The average Bonchev–Trinajstić information content (AvgIpc) is 3.70. The molecule has 300 valence electrons. The van der Waals surface area contributed by atoms with Crippen LogP contribution in [0.2, 0.25) is 0 Å². The third kappa shape index (κ3) is 6.52. The molecule has 0 saturated heterocycles. The van der Waals surface area contributed by atoms with Crippen molar-refractivity contribution in [2.45, 2.75) is 0 Å². The summed E-state index contributed by atoms with van der Waals surface area (Å²) >= 11 is 0. The molecule has 0 fully saturated rings. The smallest absolute Gasteiger partial charge is 0.0547 e. The number of benzene rings is 11. The predicted octanol–water partition coefficient (Wildman–Crippen LogP) is 17.2. The fraction of sp³-hybridized carbons (Fsp3) is 0. The summed E-state index contributed by atoms with van der Waals surface area (Å²) in [5.74, 6) is 0. The van der Waals surface area contributed by atoms with Crippen LogP contribution < -0.4 is 4.90 Å². The highest BCUT2D eigenvalue weighted by atomic mass is 15.1. The van der Waals surface area contributed by atoms with Crippen molar-refractivity contribution in [3.8, 4) is 50.2 Å². The summed E-state index contributed by atoms with van der Waals surface area (Å²) in [6.45, 7) is 0. The van der Waals surface area contributed by atoms with Crippen molar-refractivity contribution in [2.24, 2.45) is 0 Å². The highest BCUT2D eigenvalue weighted by Gasteiger charge is 2.21. The van der Waals surface area contributed by atoms with Crippen LogP contribution in [-0.2, 0) is 0 Å². The lowest BCUT2D eigenvalue weighted by molar-refractivity contribution is 1.18. The van der Waals surface area contributed by atoms with E-state index in [9.17, 15) is 0 Å².